The lowest BCUT2D eigenvalue weighted by molar-refractivity contribution is 0.0950. The number of amides is 1. The number of H-pyrrole nitrogens is 1. The third-order valence-corrected chi connectivity index (χ3v) is 13.1. The van der Waals surface area contributed by atoms with E-state index in [4.69, 9.17) is 16.6 Å². The van der Waals surface area contributed by atoms with Crippen LogP contribution in [0.5, 0.6) is 0 Å². The summed E-state index contributed by atoms with van der Waals surface area (Å²) in [6.45, 7) is 9.98. The molecule has 11 nitrogen and oxygen atoms in total. The number of nitrogens with one attached hydrogen (secondary N) is 3. The largest absolute Gasteiger partial charge is 0.358 e. The molecule has 15 heteroatoms. The van der Waals surface area contributed by atoms with Gasteiger partial charge in [-0.2, -0.15) is 5.26 Å². The van der Waals surface area contributed by atoms with Crippen molar-refractivity contribution in [2.45, 2.75) is 52.1 Å². The van der Waals surface area contributed by atoms with E-state index in [2.05, 4.69) is 49.7 Å². The van der Waals surface area contributed by atoms with Gasteiger partial charge in [-0.1, -0.05) is 54.1 Å². The number of aromatic nitrogens is 4. The van der Waals surface area contributed by atoms with Crippen LogP contribution < -0.4 is 10.0 Å². The number of carbonyl (C=O) groups is 1. The van der Waals surface area contributed by atoms with Crippen LogP contribution in [0.25, 0.3) is 27.0 Å². The maximum atomic E-state index is 15.7. The number of anilines is 1. The number of halogens is 2. The Bertz CT molecular complexity index is 2960. The summed E-state index contributed by atoms with van der Waals surface area (Å²) in [7, 11) is -3.99. The van der Waals surface area contributed by atoms with Gasteiger partial charge in [-0.25, -0.2) is 12.8 Å². The number of nitrogens with zero attached hydrogens (tertiary/aromatic N) is 5. The minimum atomic E-state index is -3.99. The third kappa shape index (κ3) is 6.67. The highest BCUT2D eigenvalue weighted by atomic mass is 35.5. The van der Waals surface area contributed by atoms with Crippen molar-refractivity contribution in [3.8, 4) is 22.2 Å². The zero-order valence-corrected chi connectivity index (χ0v) is 33.7. The Morgan fingerprint density at radius 2 is 1.74 bits per heavy atom. The first-order valence-electron chi connectivity index (χ1n) is 17.9. The first kappa shape index (κ1) is 37.8. The Morgan fingerprint density at radius 3 is 2.46 bits per heavy atom. The van der Waals surface area contributed by atoms with E-state index in [0.717, 1.165) is 50.7 Å². The van der Waals surface area contributed by atoms with E-state index in [-0.39, 0.29) is 33.6 Å². The number of sulfonamides is 1. The van der Waals surface area contributed by atoms with E-state index < -0.39 is 21.7 Å². The fourth-order valence-electron chi connectivity index (χ4n) is 7.09. The summed E-state index contributed by atoms with van der Waals surface area (Å²) in [6, 6.07) is 21.3. The molecule has 7 aromatic rings. The number of thiophene rings is 1. The van der Waals surface area contributed by atoms with Crippen LogP contribution in [0.1, 0.15) is 73.2 Å². The molecular weight excluding hydrogens is 783 g/mol. The fourth-order valence-corrected chi connectivity index (χ4v) is 9.63. The molecule has 4 aromatic carbocycles. The highest BCUT2D eigenvalue weighted by Gasteiger charge is 2.29. The zero-order valence-electron chi connectivity index (χ0n) is 31.3. The standard InChI is InChI=1S/C42H34ClFN8O3S2/c1-21-6-15-35(39-36(21)29(18-45)20-46-39)51-57(54,55)30-13-7-26(8-14-30)19-47-41(53)32-17-34(44)31(16-33(32)43)27-9-11-28(12-10-27)38-37-22(2)24(4)56-42(37)52-25(5)49-50-40(52)23(3)48-38/h6-17,20,23,46,51H,19H2,1-5H3,(H,47,53)/t23-/m0/s1. The van der Waals surface area contributed by atoms with E-state index in [0.29, 0.717) is 33.3 Å². The lowest BCUT2D eigenvalue weighted by Gasteiger charge is -2.13. The molecule has 0 saturated heterocycles. The van der Waals surface area contributed by atoms with Crippen LogP contribution in [0.15, 0.2) is 88.9 Å². The first-order chi connectivity index (χ1) is 27.2. The molecule has 286 valence electrons. The summed E-state index contributed by atoms with van der Waals surface area (Å²) < 4.78 is 46.9. The van der Waals surface area contributed by atoms with Gasteiger partial charge in [0.1, 0.15) is 28.8 Å². The predicted molar refractivity (Wildman–Crippen MR) is 221 cm³/mol. The molecule has 3 aromatic heterocycles. The second-order valence-corrected chi connectivity index (χ2v) is 17.2. The van der Waals surface area contributed by atoms with Crippen LogP contribution in [0.4, 0.5) is 10.1 Å². The van der Waals surface area contributed by atoms with Gasteiger partial charge >= 0.3 is 0 Å². The highest BCUT2D eigenvalue weighted by molar-refractivity contribution is 7.92. The summed E-state index contributed by atoms with van der Waals surface area (Å²) in [6.07, 6.45) is 1.54. The van der Waals surface area contributed by atoms with Crippen molar-refractivity contribution < 1.29 is 17.6 Å². The van der Waals surface area contributed by atoms with Crippen molar-refractivity contribution in [3.05, 3.63) is 145 Å². The van der Waals surface area contributed by atoms with Crippen molar-refractivity contribution in [1.82, 2.24) is 25.1 Å². The minimum Gasteiger partial charge on any atom is -0.358 e. The number of hydrogen-bond donors (Lipinski definition) is 3. The SMILES string of the molecule is Cc1sc2c(c1C)C(c1ccc(-c3cc(Cl)c(C(=O)NCc4ccc(S(=O)(=O)Nc5ccc(C)c6c(C#N)c[nH]c56)cc4)cc3F)cc1)=N[C@@H](C)c1nnc(C)n1-2. The average Bonchev–Trinajstić information content (AvgIpc) is 3.87. The number of benzene rings is 4. The highest BCUT2D eigenvalue weighted by Crippen LogP contribution is 2.39. The van der Waals surface area contributed by atoms with Crippen molar-refractivity contribution in [2.24, 2.45) is 4.99 Å². The van der Waals surface area contributed by atoms with Crippen molar-refractivity contribution in [1.29, 1.82) is 5.26 Å². The smallest absolute Gasteiger partial charge is 0.261 e. The molecule has 1 aliphatic heterocycles. The average molecular weight is 817 g/mol. The van der Waals surface area contributed by atoms with Gasteiger partial charge in [-0.3, -0.25) is 19.1 Å². The monoisotopic (exact) mass is 816 g/mol. The van der Waals surface area contributed by atoms with Gasteiger partial charge in [0.15, 0.2) is 5.82 Å². The molecule has 3 N–H and O–H groups in total. The summed E-state index contributed by atoms with van der Waals surface area (Å²) in [5.74, 6) is 0.360. The zero-order chi connectivity index (χ0) is 40.3. The number of hydrogen-bond acceptors (Lipinski definition) is 8. The Morgan fingerprint density at radius 1 is 1.02 bits per heavy atom. The Kier molecular flexibility index (Phi) is 9.55. The number of aliphatic imine (C=N–C) groups is 1. The molecule has 4 heterocycles. The van der Waals surface area contributed by atoms with Gasteiger partial charge in [0.25, 0.3) is 15.9 Å². The first-order valence-corrected chi connectivity index (χ1v) is 20.5. The second kappa shape index (κ2) is 14.4. The van der Waals surface area contributed by atoms with Crippen molar-refractivity contribution in [3.63, 3.8) is 0 Å². The van der Waals surface area contributed by atoms with Crippen LogP contribution in [0.2, 0.25) is 5.02 Å². The molecule has 0 bridgehead atoms. The van der Waals surface area contributed by atoms with Crippen LogP contribution in [-0.2, 0) is 16.6 Å². The lowest BCUT2D eigenvalue weighted by Crippen LogP contribution is -2.23. The summed E-state index contributed by atoms with van der Waals surface area (Å²) in [5.41, 5.74) is 7.32. The number of nitriles is 1. The van der Waals surface area contributed by atoms with E-state index in [1.807, 2.05) is 45.0 Å². The molecule has 0 spiro atoms. The molecule has 0 saturated carbocycles. The van der Waals surface area contributed by atoms with E-state index in [1.54, 1.807) is 41.8 Å². The number of aromatic amines is 1. The normalized spacial score (nSPS) is 13.7. The molecule has 1 aliphatic rings. The Hall–Kier alpha value is -6.14. The van der Waals surface area contributed by atoms with E-state index >= 15 is 4.39 Å². The number of carbonyl (C=O) groups excluding carboxylic acids is 1. The van der Waals surface area contributed by atoms with Gasteiger partial charge in [0, 0.05) is 39.7 Å². The topological polar surface area (TPSA) is 158 Å². The minimum absolute atomic E-state index is 0.00522. The molecular formula is C42H34ClFN8O3S2. The molecule has 57 heavy (non-hydrogen) atoms. The summed E-state index contributed by atoms with van der Waals surface area (Å²) in [5, 5.41) is 22.6. The van der Waals surface area contributed by atoms with Gasteiger partial charge < -0.3 is 10.3 Å². The fraction of sp³-hybridized carbons (Fsp3) is 0.167. The molecule has 0 radical (unpaired) electrons. The number of rotatable bonds is 8. The van der Waals surface area contributed by atoms with Gasteiger partial charge in [-0.15, -0.1) is 21.5 Å². The van der Waals surface area contributed by atoms with Crippen LogP contribution >= 0.6 is 22.9 Å². The Balaban J connectivity index is 0.963. The van der Waals surface area contributed by atoms with Crippen LogP contribution in [-0.4, -0.2) is 39.8 Å². The second-order valence-electron chi connectivity index (χ2n) is 13.9. The van der Waals surface area contributed by atoms with E-state index in [9.17, 15) is 18.5 Å². The molecule has 1 amide bonds. The maximum Gasteiger partial charge on any atom is 0.261 e. The predicted octanol–water partition coefficient (Wildman–Crippen LogP) is 9.02. The van der Waals surface area contributed by atoms with Crippen LogP contribution in [0, 0.1) is 44.8 Å². The lowest BCUT2D eigenvalue weighted by atomic mass is 9.96. The van der Waals surface area contributed by atoms with Crippen molar-refractivity contribution in [2.75, 3.05) is 4.72 Å². The number of fused-ring (bicyclic) bond motifs is 4. The molecule has 0 unspecified atom stereocenters. The van der Waals surface area contributed by atoms with Gasteiger partial charge in [-0.05, 0) is 87.2 Å². The molecule has 8 rings (SSSR count). The Labute approximate surface area is 336 Å². The van der Waals surface area contributed by atoms with E-state index in [1.165, 1.54) is 23.1 Å². The van der Waals surface area contributed by atoms with Gasteiger partial charge in [0.2, 0.25) is 0 Å². The maximum absolute atomic E-state index is 15.7. The summed E-state index contributed by atoms with van der Waals surface area (Å²) >= 11 is 8.26. The van der Waals surface area contributed by atoms with Gasteiger partial charge in [0.05, 0.1) is 38.0 Å². The molecule has 1 atom stereocenters. The molecule has 0 aliphatic carbocycles. The third-order valence-electron chi connectivity index (χ3n) is 10.2. The van der Waals surface area contributed by atoms with Crippen LogP contribution in [0.3, 0.4) is 0 Å². The number of aryl methyl sites for hydroxylation is 3. The van der Waals surface area contributed by atoms with Crippen molar-refractivity contribution >= 4 is 61.2 Å². The quantitative estimate of drug-likeness (QED) is 0.139. The summed E-state index contributed by atoms with van der Waals surface area (Å²) in [4.78, 5) is 22.4. The molecule has 0 fully saturated rings.